The molecule has 118 valence electrons. The second kappa shape index (κ2) is 7.40. The molecule has 1 amide bonds. The molecular formula is C14H18F4N2O. The quantitative estimate of drug-likeness (QED) is 0.818. The largest absolute Gasteiger partial charge is 0.405 e. The minimum absolute atomic E-state index is 0.327. The summed E-state index contributed by atoms with van der Waals surface area (Å²) in [6.45, 7) is 0.685. The topological polar surface area (TPSA) is 32.3 Å². The van der Waals surface area contributed by atoms with Crippen molar-refractivity contribution in [2.45, 2.75) is 25.6 Å². The third-order valence-electron chi connectivity index (χ3n) is 3.17. The summed E-state index contributed by atoms with van der Waals surface area (Å²) in [5, 5.41) is 1.85. The van der Waals surface area contributed by atoms with Crippen LogP contribution in [0.4, 0.5) is 17.6 Å². The van der Waals surface area contributed by atoms with Crippen molar-refractivity contribution in [3.05, 3.63) is 35.6 Å². The normalized spacial score (nSPS) is 13.3. The molecule has 0 unspecified atom stereocenters. The summed E-state index contributed by atoms with van der Waals surface area (Å²) < 4.78 is 48.8. The average molecular weight is 306 g/mol. The molecule has 1 aromatic rings. The summed E-state index contributed by atoms with van der Waals surface area (Å²) in [6, 6.07) is 5.28. The Morgan fingerprint density at radius 2 is 1.86 bits per heavy atom. The monoisotopic (exact) mass is 306 g/mol. The van der Waals surface area contributed by atoms with E-state index in [-0.39, 0.29) is 5.82 Å². The number of amides is 1. The minimum atomic E-state index is -4.41. The van der Waals surface area contributed by atoms with Gasteiger partial charge in [0.25, 0.3) is 0 Å². The molecule has 0 bridgehead atoms. The predicted octanol–water partition coefficient (Wildman–Crippen LogP) is 2.37. The van der Waals surface area contributed by atoms with Crippen molar-refractivity contribution >= 4 is 5.91 Å². The van der Waals surface area contributed by atoms with E-state index in [1.807, 2.05) is 5.32 Å². The molecule has 1 aromatic carbocycles. The van der Waals surface area contributed by atoms with Crippen molar-refractivity contribution in [2.24, 2.45) is 0 Å². The van der Waals surface area contributed by atoms with E-state index < -0.39 is 24.7 Å². The molecule has 0 aliphatic heterocycles. The highest BCUT2D eigenvalue weighted by molar-refractivity contribution is 5.81. The standard InChI is InChI=1S/C14H18F4N2O/c1-10(13(21)19-9-14(16,17)18)20(2)8-7-11-3-5-12(15)6-4-11/h3-6,10H,7-9H2,1-2H3,(H,19,21)/t10-/m0/s1. The van der Waals surface area contributed by atoms with Gasteiger partial charge in [0, 0.05) is 6.54 Å². The van der Waals surface area contributed by atoms with E-state index in [0.717, 1.165) is 5.56 Å². The molecular weight excluding hydrogens is 288 g/mol. The Morgan fingerprint density at radius 1 is 1.29 bits per heavy atom. The van der Waals surface area contributed by atoms with Crippen molar-refractivity contribution in [1.29, 1.82) is 0 Å². The Labute approximate surface area is 120 Å². The van der Waals surface area contributed by atoms with Crippen LogP contribution in [0.25, 0.3) is 0 Å². The van der Waals surface area contributed by atoms with Gasteiger partial charge >= 0.3 is 6.18 Å². The summed E-state index contributed by atoms with van der Waals surface area (Å²) >= 11 is 0. The molecule has 0 saturated carbocycles. The van der Waals surface area contributed by atoms with Crippen LogP contribution in [0.3, 0.4) is 0 Å². The number of nitrogens with zero attached hydrogens (tertiary/aromatic N) is 1. The highest BCUT2D eigenvalue weighted by Gasteiger charge is 2.29. The first-order valence-corrected chi connectivity index (χ1v) is 6.48. The second-order valence-electron chi connectivity index (χ2n) is 4.87. The lowest BCUT2D eigenvalue weighted by atomic mass is 10.1. The zero-order chi connectivity index (χ0) is 16.0. The van der Waals surface area contributed by atoms with E-state index in [4.69, 9.17) is 0 Å². The fraction of sp³-hybridized carbons (Fsp3) is 0.500. The Kier molecular flexibility index (Phi) is 6.14. The molecule has 0 aliphatic rings. The Bertz CT molecular complexity index is 459. The van der Waals surface area contributed by atoms with Gasteiger partial charge in [0.15, 0.2) is 0 Å². The maximum Gasteiger partial charge on any atom is 0.405 e. The average Bonchev–Trinajstić information content (AvgIpc) is 2.42. The zero-order valence-corrected chi connectivity index (χ0v) is 11.9. The molecule has 0 aliphatic carbocycles. The van der Waals surface area contributed by atoms with Crippen LogP contribution in [0.1, 0.15) is 12.5 Å². The van der Waals surface area contributed by atoms with Crippen LogP contribution in [0, 0.1) is 5.82 Å². The fourth-order valence-corrected chi connectivity index (χ4v) is 1.69. The van der Waals surface area contributed by atoms with E-state index in [1.54, 1.807) is 24.1 Å². The van der Waals surface area contributed by atoms with Crippen molar-refractivity contribution < 1.29 is 22.4 Å². The number of likely N-dealkylation sites (N-methyl/N-ethyl adjacent to an activating group) is 1. The summed E-state index contributed by atoms with van der Waals surface area (Å²) in [5.41, 5.74) is 0.895. The van der Waals surface area contributed by atoms with Gasteiger partial charge in [-0.15, -0.1) is 0 Å². The fourth-order valence-electron chi connectivity index (χ4n) is 1.69. The third-order valence-corrected chi connectivity index (χ3v) is 3.17. The molecule has 1 N–H and O–H groups in total. The van der Waals surface area contributed by atoms with Gasteiger partial charge in [-0.1, -0.05) is 12.1 Å². The number of carbonyl (C=O) groups excluding carboxylic acids is 1. The molecule has 1 rings (SSSR count). The Morgan fingerprint density at radius 3 is 2.38 bits per heavy atom. The van der Waals surface area contributed by atoms with Gasteiger partial charge in [-0.2, -0.15) is 13.2 Å². The molecule has 7 heteroatoms. The van der Waals surface area contributed by atoms with Crippen LogP contribution < -0.4 is 5.32 Å². The number of hydrogen-bond acceptors (Lipinski definition) is 2. The summed E-state index contributed by atoms with van der Waals surface area (Å²) in [7, 11) is 1.65. The molecule has 0 spiro atoms. The van der Waals surface area contributed by atoms with Crippen LogP contribution in [-0.2, 0) is 11.2 Å². The number of hydrogen-bond donors (Lipinski definition) is 1. The highest BCUT2D eigenvalue weighted by Crippen LogP contribution is 2.12. The van der Waals surface area contributed by atoms with Gasteiger partial charge < -0.3 is 5.32 Å². The van der Waals surface area contributed by atoms with Crippen LogP contribution in [0.2, 0.25) is 0 Å². The van der Waals surface area contributed by atoms with Gasteiger partial charge in [-0.05, 0) is 38.1 Å². The van der Waals surface area contributed by atoms with Gasteiger partial charge in [0.05, 0.1) is 6.04 Å². The minimum Gasteiger partial charge on any atom is -0.346 e. The first-order valence-electron chi connectivity index (χ1n) is 6.48. The van der Waals surface area contributed by atoms with Crippen molar-refractivity contribution in [2.75, 3.05) is 20.1 Å². The lowest BCUT2D eigenvalue weighted by Gasteiger charge is -2.24. The smallest absolute Gasteiger partial charge is 0.346 e. The van der Waals surface area contributed by atoms with Gasteiger partial charge in [0.2, 0.25) is 5.91 Å². The Hall–Kier alpha value is -1.63. The van der Waals surface area contributed by atoms with Crippen LogP contribution in [0.5, 0.6) is 0 Å². The SMILES string of the molecule is C[C@@H](C(=O)NCC(F)(F)F)N(C)CCc1ccc(F)cc1. The van der Waals surface area contributed by atoms with E-state index in [1.165, 1.54) is 19.1 Å². The van der Waals surface area contributed by atoms with Gasteiger partial charge in [-0.25, -0.2) is 4.39 Å². The number of carbonyl (C=O) groups is 1. The molecule has 0 aromatic heterocycles. The molecule has 1 atom stereocenters. The maximum atomic E-state index is 12.7. The zero-order valence-electron chi connectivity index (χ0n) is 11.9. The van der Waals surface area contributed by atoms with Gasteiger partial charge in [0.1, 0.15) is 12.4 Å². The molecule has 0 radical (unpaired) electrons. The van der Waals surface area contributed by atoms with Crippen LogP contribution >= 0.6 is 0 Å². The number of rotatable bonds is 6. The molecule has 21 heavy (non-hydrogen) atoms. The number of benzene rings is 1. The second-order valence-corrected chi connectivity index (χ2v) is 4.87. The number of alkyl halides is 3. The highest BCUT2D eigenvalue weighted by atomic mass is 19.4. The Balaban J connectivity index is 2.41. The first-order chi connectivity index (χ1) is 9.69. The molecule has 0 heterocycles. The van der Waals surface area contributed by atoms with Crippen LogP contribution in [0.15, 0.2) is 24.3 Å². The van der Waals surface area contributed by atoms with E-state index in [0.29, 0.717) is 13.0 Å². The van der Waals surface area contributed by atoms with Crippen molar-refractivity contribution in [1.82, 2.24) is 10.2 Å². The molecule has 3 nitrogen and oxygen atoms in total. The summed E-state index contributed by atoms with van der Waals surface area (Å²) in [4.78, 5) is 13.2. The maximum absolute atomic E-state index is 12.7. The van der Waals surface area contributed by atoms with E-state index in [9.17, 15) is 22.4 Å². The number of nitrogens with one attached hydrogen (secondary N) is 1. The predicted molar refractivity (Wildman–Crippen MR) is 71.3 cm³/mol. The summed E-state index contributed by atoms with van der Waals surface area (Å²) in [6.07, 6.45) is -3.84. The van der Waals surface area contributed by atoms with Crippen LogP contribution in [-0.4, -0.2) is 43.2 Å². The first kappa shape index (κ1) is 17.4. The van der Waals surface area contributed by atoms with E-state index >= 15 is 0 Å². The van der Waals surface area contributed by atoms with E-state index in [2.05, 4.69) is 0 Å². The lowest BCUT2D eigenvalue weighted by molar-refractivity contribution is -0.141. The third kappa shape index (κ3) is 6.57. The van der Waals surface area contributed by atoms with Crippen molar-refractivity contribution in [3.63, 3.8) is 0 Å². The molecule has 0 fully saturated rings. The summed E-state index contributed by atoms with van der Waals surface area (Å²) in [5.74, 6) is -0.999. The lowest BCUT2D eigenvalue weighted by Crippen LogP contribution is -2.46. The molecule has 0 saturated heterocycles. The number of halogens is 4. The van der Waals surface area contributed by atoms with Gasteiger partial charge in [-0.3, -0.25) is 9.69 Å². The van der Waals surface area contributed by atoms with Crippen molar-refractivity contribution in [3.8, 4) is 0 Å².